The Hall–Kier alpha value is -2.30. The predicted molar refractivity (Wildman–Crippen MR) is 120 cm³/mol. The Bertz CT molecular complexity index is 1170. The van der Waals surface area contributed by atoms with Crippen LogP contribution in [0, 0.1) is 0 Å². The van der Waals surface area contributed by atoms with Crippen molar-refractivity contribution < 1.29 is 17.9 Å². The maximum absolute atomic E-state index is 12.7. The van der Waals surface area contributed by atoms with Gasteiger partial charge in [0.1, 0.15) is 10.6 Å². The minimum atomic E-state index is -3.66. The van der Waals surface area contributed by atoms with E-state index in [1.807, 2.05) is 36.4 Å². The second-order valence-corrected chi connectivity index (χ2v) is 10.2. The Morgan fingerprint density at radius 2 is 1.81 bits per heavy atom. The molecule has 0 bridgehead atoms. The first-order valence-corrected chi connectivity index (χ1v) is 12.2. The van der Waals surface area contributed by atoms with E-state index in [1.54, 1.807) is 12.1 Å². The summed E-state index contributed by atoms with van der Waals surface area (Å²) in [6.45, 7) is 1.32. The number of hydrogen-bond acceptors (Lipinski definition) is 5. The molecule has 2 heterocycles. The van der Waals surface area contributed by atoms with E-state index in [0.29, 0.717) is 37.0 Å². The lowest BCUT2D eigenvalue weighted by atomic mass is 10.3. The number of rotatable bonds is 6. The van der Waals surface area contributed by atoms with Crippen LogP contribution >= 0.6 is 23.4 Å². The number of aromatic amines is 1. The number of nitrogens with zero attached hydrogens (tertiary/aromatic N) is 1. The average Bonchev–Trinajstić information content (AvgIpc) is 3.29. The average molecular weight is 478 g/mol. The van der Waals surface area contributed by atoms with Crippen LogP contribution in [0.3, 0.4) is 0 Å². The molecule has 7 nitrogen and oxygen atoms in total. The summed E-state index contributed by atoms with van der Waals surface area (Å²) in [5, 5.41) is 3.45. The SMILES string of the molecule is O=C(Nc1ccc(Sc2ccccc2Cl)cc1)c1cc(S(=O)(=O)N2CCOCC2)c[nH]1. The molecule has 1 aliphatic heterocycles. The van der Waals surface area contributed by atoms with E-state index in [-0.39, 0.29) is 10.6 Å². The van der Waals surface area contributed by atoms with E-state index in [1.165, 1.54) is 28.3 Å². The molecule has 0 aliphatic carbocycles. The summed E-state index contributed by atoms with van der Waals surface area (Å²) in [6, 6.07) is 16.3. The van der Waals surface area contributed by atoms with Gasteiger partial charge in [-0.1, -0.05) is 35.5 Å². The number of halogens is 1. The third-order valence-corrected chi connectivity index (χ3v) is 8.09. The summed E-state index contributed by atoms with van der Waals surface area (Å²) in [7, 11) is -3.66. The number of carbonyl (C=O) groups is 1. The zero-order valence-electron chi connectivity index (χ0n) is 16.4. The highest BCUT2D eigenvalue weighted by Crippen LogP contribution is 2.33. The molecule has 10 heteroatoms. The van der Waals surface area contributed by atoms with Crippen LogP contribution in [0.4, 0.5) is 5.69 Å². The normalized spacial score (nSPS) is 15.0. The first-order chi connectivity index (χ1) is 14.9. The number of ether oxygens (including phenoxy) is 1. The summed E-state index contributed by atoms with van der Waals surface area (Å²) < 4.78 is 32.0. The van der Waals surface area contributed by atoms with Crippen molar-refractivity contribution in [3.63, 3.8) is 0 Å². The van der Waals surface area contributed by atoms with Crippen LogP contribution in [0.2, 0.25) is 5.02 Å². The van der Waals surface area contributed by atoms with Crippen molar-refractivity contribution in [1.29, 1.82) is 0 Å². The van der Waals surface area contributed by atoms with Gasteiger partial charge in [-0.25, -0.2) is 8.42 Å². The molecule has 162 valence electrons. The fourth-order valence-electron chi connectivity index (χ4n) is 3.05. The van der Waals surface area contributed by atoms with Gasteiger partial charge in [-0.05, 0) is 42.5 Å². The fourth-order valence-corrected chi connectivity index (χ4v) is 5.54. The minimum Gasteiger partial charge on any atom is -0.379 e. The molecule has 0 saturated carbocycles. The molecule has 3 aromatic rings. The molecule has 1 aliphatic rings. The molecule has 1 amide bonds. The largest absolute Gasteiger partial charge is 0.379 e. The van der Waals surface area contributed by atoms with Crippen LogP contribution < -0.4 is 5.32 Å². The molecule has 31 heavy (non-hydrogen) atoms. The van der Waals surface area contributed by atoms with Gasteiger partial charge in [0, 0.05) is 34.8 Å². The van der Waals surface area contributed by atoms with Gasteiger partial charge >= 0.3 is 0 Å². The molecule has 0 unspecified atom stereocenters. The zero-order valence-corrected chi connectivity index (χ0v) is 18.8. The molecular weight excluding hydrogens is 458 g/mol. The Kier molecular flexibility index (Phi) is 6.68. The number of aromatic nitrogens is 1. The third kappa shape index (κ3) is 5.13. The summed E-state index contributed by atoms with van der Waals surface area (Å²) in [6.07, 6.45) is 1.34. The maximum atomic E-state index is 12.7. The number of morpholine rings is 1. The van der Waals surface area contributed by atoms with Gasteiger partial charge in [0.05, 0.1) is 18.2 Å². The number of anilines is 1. The Balaban J connectivity index is 1.41. The minimum absolute atomic E-state index is 0.0611. The second kappa shape index (κ2) is 9.46. The second-order valence-electron chi connectivity index (χ2n) is 6.78. The molecule has 1 fully saturated rings. The lowest BCUT2D eigenvalue weighted by Gasteiger charge is -2.25. The smallest absolute Gasteiger partial charge is 0.272 e. The molecule has 4 rings (SSSR count). The van der Waals surface area contributed by atoms with Gasteiger partial charge in [-0.2, -0.15) is 4.31 Å². The Morgan fingerprint density at radius 1 is 1.10 bits per heavy atom. The van der Waals surface area contributed by atoms with E-state index in [2.05, 4.69) is 10.3 Å². The van der Waals surface area contributed by atoms with Crippen molar-refractivity contribution in [2.45, 2.75) is 14.7 Å². The molecule has 1 aromatic heterocycles. The number of amides is 1. The number of hydrogen-bond donors (Lipinski definition) is 2. The lowest BCUT2D eigenvalue weighted by molar-refractivity contribution is 0.0730. The van der Waals surface area contributed by atoms with Crippen molar-refractivity contribution in [3.8, 4) is 0 Å². The van der Waals surface area contributed by atoms with Crippen LogP contribution in [-0.2, 0) is 14.8 Å². The first-order valence-electron chi connectivity index (χ1n) is 9.53. The van der Waals surface area contributed by atoms with Crippen LogP contribution in [0.15, 0.2) is 75.5 Å². The molecule has 0 radical (unpaired) electrons. The number of H-pyrrole nitrogens is 1. The molecule has 1 saturated heterocycles. The predicted octanol–water partition coefficient (Wildman–Crippen LogP) is 4.09. The first kappa shape index (κ1) is 21.9. The number of sulfonamides is 1. The highest BCUT2D eigenvalue weighted by atomic mass is 35.5. The van der Waals surface area contributed by atoms with E-state index in [0.717, 1.165) is 9.79 Å². The standard InChI is InChI=1S/C21H20ClN3O4S2/c22-18-3-1-2-4-20(18)30-16-7-5-15(6-8-16)24-21(26)19-13-17(14-23-19)31(27,28)25-9-11-29-12-10-25/h1-8,13-14,23H,9-12H2,(H,24,26). The van der Waals surface area contributed by atoms with Crippen molar-refractivity contribution in [2.75, 3.05) is 31.6 Å². The van der Waals surface area contributed by atoms with Crippen LogP contribution in [-0.4, -0.2) is 49.9 Å². The van der Waals surface area contributed by atoms with Crippen molar-refractivity contribution in [1.82, 2.24) is 9.29 Å². The van der Waals surface area contributed by atoms with Crippen molar-refractivity contribution >= 4 is 45.0 Å². The Labute approximate surface area is 189 Å². The molecular formula is C21H20ClN3O4S2. The van der Waals surface area contributed by atoms with Crippen LogP contribution in [0.5, 0.6) is 0 Å². The van der Waals surface area contributed by atoms with E-state index in [4.69, 9.17) is 16.3 Å². The van der Waals surface area contributed by atoms with Gasteiger partial charge < -0.3 is 15.0 Å². The highest BCUT2D eigenvalue weighted by molar-refractivity contribution is 7.99. The Morgan fingerprint density at radius 3 is 2.52 bits per heavy atom. The molecule has 0 atom stereocenters. The monoisotopic (exact) mass is 477 g/mol. The number of carbonyl (C=O) groups excluding carboxylic acids is 1. The molecule has 0 spiro atoms. The van der Waals surface area contributed by atoms with Gasteiger partial charge in [0.25, 0.3) is 5.91 Å². The highest BCUT2D eigenvalue weighted by Gasteiger charge is 2.28. The lowest BCUT2D eigenvalue weighted by Crippen LogP contribution is -2.40. The van der Waals surface area contributed by atoms with E-state index in [9.17, 15) is 13.2 Å². The van der Waals surface area contributed by atoms with Gasteiger partial charge in [-0.15, -0.1) is 0 Å². The number of nitrogens with one attached hydrogen (secondary N) is 2. The topological polar surface area (TPSA) is 91.5 Å². The van der Waals surface area contributed by atoms with Crippen LogP contribution in [0.1, 0.15) is 10.5 Å². The van der Waals surface area contributed by atoms with Gasteiger partial charge in [0.2, 0.25) is 10.0 Å². The zero-order chi connectivity index (χ0) is 21.8. The summed E-state index contributed by atoms with van der Waals surface area (Å²) in [5.74, 6) is -0.421. The van der Waals surface area contributed by atoms with Crippen molar-refractivity contribution in [3.05, 3.63) is 71.5 Å². The summed E-state index contributed by atoms with van der Waals surface area (Å²) >= 11 is 7.72. The molecule has 2 aromatic carbocycles. The fraction of sp³-hybridized carbons (Fsp3) is 0.190. The summed E-state index contributed by atoms with van der Waals surface area (Å²) in [5.41, 5.74) is 0.766. The quantitative estimate of drug-likeness (QED) is 0.558. The van der Waals surface area contributed by atoms with Crippen molar-refractivity contribution in [2.24, 2.45) is 0 Å². The van der Waals surface area contributed by atoms with Gasteiger partial charge in [0.15, 0.2) is 0 Å². The third-order valence-electron chi connectivity index (χ3n) is 4.69. The van der Waals surface area contributed by atoms with Crippen LogP contribution in [0.25, 0.3) is 0 Å². The van der Waals surface area contributed by atoms with Gasteiger partial charge in [-0.3, -0.25) is 4.79 Å². The van der Waals surface area contributed by atoms with E-state index < -0.39 is 15.9 Å². The maximum Gasteiger partial charge on any atom is 0.272 e. The summed E-state index contributed by atoms with van der Waals surface area (Å²) in [4.78, 5) is 17.3. The van der Waals surface area contributed by atoms with E-state index >= 15 is 0 Å². The molecule has 2 N–H and O–H groups in total. The number of benzene rings is 2.